The van der Waals surface area contributed by atoms with E-state index >= 15 is 0 Å². The topological polar surface area (TPSA) is 73.6 Å². The summed E-state index contributed by atoms with van der Waals surface area (Å²) in [5.74, 6) is 1.23. The van der Waals surface area contributed by atoms with E-state index in [-0.39, 0.29) is 5.91 Å². The zero-order valence-electron chi connectivity index (χ0n) is 12.4. The zero-order valence-corrected chi connectivity index (χ0v) is 12.4. The molecule has 0 aliphatic carbocycles. The molecule has 0 saturated carbocycles. The fraction of sp³-hybridized carbons (Fsp3) is 0.533. The van der Waals surface area contributed by atoms with E-state index in [1.165, 1.54) is 5.56 Å². The molecule has 0 spiro atoms. The molecule has 0 radical (unpaired) electrons. The third kappa shape index (κ3) is 5.48. The van der Waals surface area contributed by atoms with E-state index in [1.54, 1.807) is 14.2 Å². The molecule has 1 unspecified atom stereocenters. The Morgan fingerprint density at radius 2 is 2.00 bits per heavy atom. The van der Waals surface area contributed by atoms with Crippen molar-refractivity contribution in [2.75, 3.05) is 20.8 Å². The van der Waals surface area contributed by atoms with Gasteiger partial charge in [0.25, 0.3) is 0 Å². The minimum absolute atomic E-state index is 0.251. The molecule has 5 nitrogen and oxygen atoms in total. The summed E-state index contributed by atoms with van der Waals surface area (Å²) >= 11 is 0. The number of nitrogens with two attached hydrogens (primary N) is 1. The number of carbonyl (C=O) groups is 1. The van der Waals surface area contributed by atoms with Crippen molar-refractivity contribution in [3.05, 3.63) is 23.8 Å². The Balaban J connectivity index is 2.45. The Bertz CT molecular complexity index is 435. The quantitative estimate of drug-likeness (QED) is 0.672. The molecule has 1 rings (SSSR count). The van der Waals surface area contributed by atoms with E-state index in [9.17, 15) is 4.79 Å². The highest BCUT2D eigenvalue weighted by molar-refractivity contribution is 5.73. The maximum absolute atomic E-state index is 10.6. The first kappa shape index (κ1) is 16.3. The highest BCUT2D eigenvalue weighted by Crippen LogP contribution is 2.27. The predicted octanol–water partition coefficient (Wildman–Crippen LogP) is 1.49. The number of hydrogen-bond donors (Lipinski definition) is 2. The summed E-state index contributed by atoms with van der Waals surface area (Å²) in [5, 5.41) is 3.37. The van der Waals surface area contributed by atoms with Crippen molar-refractivity contribution in [2.24, 2.45) is 5.73 Å². The van der Waals surface area contributed by atoms with Crippen LogP contribution < -0.4 is 20.5 Å². The maximum atomic E-state index is 10.6. The minimum atomic E-state index is -0.251. The Labute approximate surface area is 120 Å². The molecule has 0 saturated heterocycles. The van der Waals surface area contributed by atoms with Crippen LogP contribution in [0.1, 0.15) is 25.3 Å². The molecule has 1 aromatic carbocycles. The number of ether oxygens (including phenoxy) is 2. The van der Waals surface area contributed by atoms with E-state index in [0.29, 0.717) is 12.5 Å². The van der Waals surface area contributed by atoms with Crippen molar-refractivity contribution in [2.45, 2.75) is 32.2 Å². The number of hydrogen-bond acceptors (Lipinski definition) is 4. The summed E-state index contributed by atoms with van der Waals surface area (Å²) in [6.07, 6.45) is 2.08. The first-order chi connectivity index (χ1) is 9.56. The molecule has 20 heavy (non-hydrogen) atoms. The molecule has 0 heterocycles. The molecule has 1 aromatic rings. The van der Waals surface area contributed by atoms with Gasteiger partial charge in [0.15, 0.2) is 11.5 Å². The summed E-state index contributed by atoms with van der Waals surface area (Å²) in [7, 11) is 3.26. The summed E-state index contributed by atoms with van der Waals surface area (Å²) in [6, 6.07) is 6.25. The van der Waals surface area contributed by atoms with Gasteiger partial charge in [-0.25, -0.2) is 0 Å². The van der Waals surface area contributed by atoms with Crippen LogP contribution in [-0.4, -0.2) is 32.7 Å². The summed E-state index contributed by atoms with van der Waals surface area (Å²) < 4.78 is 10.5. The van der Waals surface area contributed by atoms with Crippen LogP contribution in [-0.2, 0) is 11.2 Å². The molecule has 1 atom stereocenters. The SMILES string of the molecule is COc1ccc(CC(C)NCCCC(N)=O)cc1OC. The minimum Gasteiger partial charge on any atom is -0.493 e. The van der Waals surface area contributed by atoms with Crippen molar-refractivity contribution in [1.82, 2.24) is 5.32 Å². The molecule has 0 aliphatic rings. The number of primary amides is 1. The van der Waals surface area contributed by atoms with Gasteiger partial charge in [-0.15, -0.1) is 0 Å². The number of benzene rings is 1. The van der Waals surface area contributed by atoms with Gasteiger partial charge < -0.3 is 20.5 Å². The maximum Gasteiger partial charge on any atom is 0.217 e. The van der Waals surface area contributed by atoms with Crippen LogP contribution >= 0.6 is 0 Å². The van der Waals surface area contributed by atoms with Gasteiger partial charge in [-0.3, -0.25) is 4.79 Å². The average Bonchev–Trinajstić information content (AvgIpc) is 2.43. The lowest BCUT2D eigenvalue weighted by Crippen LogP contribution is -2.29. The molecule has 0 fully saturated rings. The molecule has 0 aliphatic heterocycles. The van der Waals surface area contributed by atoms with Crippen molar-refractivity contribution in [3.63, 3.8) is 0 Å². The first-order valence-corrected chi connectivity index (χ1v) is 6.79. The Hall–Kier alpha value is -1.75. The lowest BCUT2D eigenvalue weighted by atomic mass is 10.1. The van der Waals surface area contributed by atoms with Crippen LogP contribution in [0, 0.1) is 0 Å². The Kier molecular flexibility index (Phi) is 6.87. The number of rotatable bonds is 9. The largest absolute Gasteiger partial charge is 0.493 e. The second-order valence-electron chi connectivity index (χ2n) is 4.82. The smallest absolute Gasteiger partial charge is 0.217 e. The zero-order chi connectivity index (χ0) is 15.0. The third-order valence-electron chi connectivity index (χ3n) is 3.08. The van der Waals surface area contributed by atoms with Crippen LogP contribution in [0.25, 0.3) is 0 Å². The van der Waals surface area contributed by atoms with Crippen molar-refractivity contribution >= 4 is 5.91 Å². The van der Waals surface area contributed by atoms with Gasteiger partial charge in [0.05, 0.1) is 14.2 Å². The second kappa shape index (κ2) is 8.43. The van der Waals surface area contributed by atoms with Crippen molar-refractivity contribution in [3.8, 4) is 11.5 Å². The number of nitrogens with one attached hydrogen (secondary N) is 1. The van der Waals surface area contributed by atoms with Gasteiger partial charge in [-0.1, -0.05) is 6.07 Å². The van der Waals surface area contributed by atoms with Gasteiger partial charge in [0, 0.05) is 12.5 Å². The molecular formula is C15H24N2O3. The highest BCUT2D eigenvalue weighted by Gasteiger charge is 2.08. The van der Waals surface area contributed by atoms with Crippen LogP contribution in [0.15, 0.2) is 18.2 Å². The number of amides is 1. The Morgan fingerprint density at radius 3 is 2.60 bits per heavy atom. The average molecular weight is 280 g/mol. The monoisotopic (exact) mass is 280 g/mol. The normalized spacial score (nSPS) is 11.9. The van der Waals surface area contributed by atoms with Crippen molar-refractivity contribution in [1.29, 1.82) is 0 Å². The number of carbonyl (C=O) groups excluding carboxylic acids is 1. The van der Waals surface area contributed by atoms with Crippen LogP contribution in [0.4, 0.5) is 0 Å². The summed E-state index contributed by atoms with van der Waals surface area (Å²) in [5.41, 5.74) is 6.28. The second-order valence-corrected chi connectivity index (χ2v) is 4.82. The van der Waals surface area contributed by atoms with Crippen LogP contribution in [0.2, 0.25) is 0 Å². The van der Waals surface area contributed by atoms with Gasteiger partial charge in [0.1, 0.15) is 0 Å². The van der Waals surface area contributed by atoms with Gasteiger partial charge >= 0.3 is 0 Å². The van der Waals surface area contributed by atoms with E-state index in [0.717, 1.165) is 30.9 Å². The van der Waals surface area contributed by atoms with E-state index in [2.05, 4.69) is 12.2 Å². The van der Waals surface area contributed by atoms with E-state index < -0.39 is 0 Å². The lowest BCUT2D eigenvalue weighted by Gasteiger charge is -2.15. The van der Waals surface area contributed by atoms with Crippen molar-refractivity contribution < 1.29 is 14.3 Å². The van der Waals surface area contributed by atoms with Crippen LogP contribution in [0.3, 0.4) is 0 Å². The number of methoxy groups -OCH3 is 2. The van der Waals surface area contributed by atoms with Gasteiger partial charge in [0.2, 0.25) is 5.91 Å². The highest BCUT2D eigenvalue weighted by atomic mass is 16.5. The standard InChI is InChI=1S/C15H24N2O3/c1-11(17-8-4-5-15(16)18)9-12-6-7-13(19-2)14(10-12)20-3/h6-7,10-11,17H,4-5,8-9H2,1-3H3,(H2,16,18). The van der Waals surface area contributed by atoms with Gasteiger partial charge in [-0.05, 0) is 44.0 Å². The molecule has 0 aromatic heterocycles. The fourth-order valence-corrected chi connectivity index (χ4v) is 2.04. The van der Waals surface area contributed by atoms with E-state index in [4.69, 9.17) is 15.2 Å². The third-order valence-corrected chi connectivity index (χ3v) is 3.08. The van der Waals surface area contributed by atoms with E-state index in [1.807, 2.05) is 18.2 Å². The molecule has 5 heteroatoms. The first-order valence-electron chi connectivity index (χ1n) is 6.79. The van der Waals surface area contributed by atoms with Crippen LogP contribution in [0.5, 0.6) is 11.5 Å². The molecule has 112 valence electrons. The summed E-state index contributed by atoms with van der Waals surface area (Å²) in [6.45, 7) is 2.90. The predicted molar refractivity (Wildman–Crippen MR) is 79.1 cm³/mol. The molecule has 0 bridgehead atoms. The van der Waals surface area contributed by atoms with Gasteiger partial charge in [-0.2, -0.15) is 0 Å². The lowest BCUT2D eigenvalue weighted by molar-refractivity contribution is -0.118. The fourth-order valence-electron chi connectivity index (χ4n) is 2.04. The summed E-state index contributed by atoms with van der Waals surface area (Å²) in [4.78, 5) is 10.6. The molecular weight excluding hydrogens is 256 g/mol. The molecule has 3 N–H and O–H groups in total. The molecule has 1 amide bonds. The Morgan fingerprint density at radius 1 is 1.30 bits per heavy atom.